The largest absolute Gasteiger partial charge is 0.384 e. The average Bonchev–Trinajstić information content (AvgIpc) is 2.26. The molecule has 0 saturated heterocycles. The van der Waals surface area contributed by atoms with E-state index in [0.29, 0.717) is 0 Å². The normalized spacial score (nSPS) is 9.50. The fourth-order valence-electron chi connectivity index (χ4n) is 1.18. The first-order valence-electron chi connectivity index (χ1n) is 4.20. The number of benzene rings is 1. The molecule has 0 radical (unpaired) electrons. The molecule has 0 atom stereocenters. The summed E-state index contributed by atoms with van der Waals surface area (Å²) in [4.78, 5) is 8.30. The molecule has 0 bridgehead atoms. The lowest BCUT2D eigenvalue weighted by Crippen LogP contribution is -1.83. The lowest BCUT2D eigenvalue weighted by molar-refractivity contribution is 0.350. The molecular weight excluding hydrogens is 176 g/mol. The Kier molecular flexibility index (Phi) is 2.39. The van der Waals surface area contributed by atoms with Crippen LogP contribution in [-0.4, -0.2) is 21.7 Å². The predicted molar refractivity (Wildman–Crippen MR) is 53.5 cm³/mol. The van der Waals surface area contributed by atoms with E-state index in [9.17, 15) is 0 Å². The summed E-state index contributed by atoms with van der Waals surface area (Å²) in [6.07, 6.45) is 3.30. The van der Waals surface area contributed by atoms with Crippen LogP contribution in [0.15, 0.2) is 30.6 Å². The van der Waals surface area contributed by atoms with Crippen LogP contribution in [0.25, 0.3) is 11.0 Å². The summed E-state index contributed by atoms with van der Waals surface area (Å²) in [7, 11) is 0. The first kappa shape index (κ1) is 8.67. The number of nitrogens with zero attached hydrogens (tertiary/aromatic N) is 2. The molecule has 1 N–H and O–H groups in total. The molecule has 0 aliphatic rings. The zero-order chi connectivity index (χ0) is 9.80. The van der Waals surface area contributed by atoms with Crippen molar-refractivity contribution in [1.82, 2.24) is 9.97 Å². The molecule has 0 saturated carbocycles. The van der Waals surface area contributed by atoms with Gasteiger partial charge in [0.2, 0.25) is 0 Å². The Morgan fingerprint density at radius 1 is 1.14 bits per heavy atom. The third-order valence-electron chi connectivity index (χ3n) is 1.78. The molecule has 1 aromatic heterocycles. The Hall–Kier alpha value is -1.92. The van der Waals surface area contributed by atoms with Gasteiger partial charge < -0.3 is 5.11 Å². The van der Waals surface area contributed by atoms with Gasteiger partial charge in [0.05, 0.1) is 11.0 Å². The third kappa shape index (κ3) is 1.70. The maximum absolute atomic E-state index is 8.54. The van der Waals surface area contributed by atoms with E-state index in [1.807, 2.05) is 18.2 Å². The maximum atomic E-state index is 8.54. The van der Waals surface area contributed by atoms with Crippen molar-refractivity contribution in [3.05, 3.63) is 36.2 Å². The number of fused-ring (bicyclic) bond motifs is 1. The fraction of sp³-hybridized carbons (Fsp3) is 0.0909. The van der Waals surface area contributed by atoms with Gasteiger partial charge in [0.1, 0.15) is 6.61 Å². The fourth-order valence-corrected chi connectivity index (χ4v) is 1.18. The Morgan fingerprint density at radius 3 is 2.71 bits per heavy atom. The molecule has 0 aliphatic carbocycles. The van der Waals surface area contributed by atoms with Gasteiger partial charge in [0.15, 0.2) is 0 Å². The highest BCUT2D eigenvalue weighted by Crippen LogP contribution is 2.09. The number of hydrogen-bond acceptors (Lipinski definition) is 3. The van der Waals surface area contributed by atoms with Crippen LogP contribution in [0.1, 0.15) is 5.56 Å². The zero-order valence-corrected chi connectivity index (χ0v) is 7.44. The van der Waals surface area contributed by atoms with Gasteiger partial charge >= 0.3 is 0 Å². The highest BCUT2D eigenvalue weighted by Gasteiger charge is 1.94. The molecule has 2 aromatic rings. The molecule has 3 nitrogen and oxygen atoms in total. The molecule has 2 rings (SSSR count). The third-order valence-corrected chi connectivity index (χ3v) is 1.78. The van der Waals surface area contributed by atoms with Crippen molar-refractivity contribution in [2.45, 2.75) is 0 Å². The first-order chi connectivity index (χ1) is 6.90. The van der Waals surface area contributed by atoms with Crippen LogP contribution in [0, 0.1) is 11.8 Å². The first-order valence-corrected chi connectivity index (χ1v) is 4.20. The SMILES string of the molecule is OCC#Cc1ccc2nccnc2c1. The smallest absolute Gasteiger partial charge is 0.104 e. The predicted octanol–water partition coefficient (Wildman–Crippen LogP) is 0.974. The zero-order valence-electron chi connectivity index (χ0n) is 7.44. The topological polar surface area (TPSA) is 46.0 Å². The van der Waals surface area contributed by atoms with Crippen LogP contribution in [0.3, 0.4) is 0 Å². The van der Waals surface area contributed by atoms with E-state index in [4.69, 9.17) is 5.11 Å². The second-order valence-electron chi connectivity index (χ2n) is 2.72. The molecular formula is C11H8N2O. The summed E-state index contributed by atoms with van der Waals surface area (Å²) < 4.78 is 0. The number of hydrogen-bond donors (Lipinski definition) is 1. The average molecular weight is 184 g/mol. The van der Waals surface area contributed by atoms with Crippen LogP contribution in [-0.2, 0) is 0 Å². The van der Waals surface area contributed by atoms with Crippen LogP contribution >= 0.6 is 0 Å². The number of rotatable bonds is 0. The van der Waals surface area contributed by atoms with Gasteiger partial charge in [0, 0.05) is 18.0 Å². The van der Waals surface area contributed by atoms with Crippen molar-refractivity contribution in [3.63, 3.8) is 0 Å². The van der Waals surface area contributed by atoms with Crippen LogP contribution < -0.4 is 0 Å². The summed E-state index contributed by atoms with van der Waals surface area (Å²) in [5.41, 5.74) is 2.51. The lowest BCUT2D eigenvalue weighted by atomic mass is 10.2. The molecule has 0 fully saturated rings. The van der Waals surface area contributed by atoms with Gasteiger partial charge in [-0.1, -0.05) is 11.8 Å². The Labute approximate surface area is 81.4 Å². The molecule has 0 spiro atoms. The molecule has 3 heteroatoms. The minimum absolute atomic E-state index is 0.126. The van der Waals surface area contributed by atoms with Crippen LogP contribution in [0.4, 0.5) is 0 Å². The molecule has 0 amide bonds. The van der Waals surface area contributed by atoms with E-state index in [-0.39, 0.29) is 6.61 Å². The highest BCUT2D eigenvalue weighted by atomic mass is 16.2. The number of aromatic nitrogens is 2. The second kappa shape index (κ2) is 3.86. The van der Waals surface area contributed by atoms with Crippen molar-refractivity contribution in [2.75, 3.05) is 6.61 Å². The van der Waals surface area contributed by atoms with E-state index >= 15 is 0 Å². The molecule has 1 aromatic carbocycles. The minimum atomic E-state index is -0.126. The van der Waals surface area contributed by atoms with Crippen molar-refractivity contribution < 1.29 is 5.11 Å². The van der Waals surface area contributed by atoms with Crippen LogP contribution in [0.2, 0.25) is 0 Å². The lowest BCUT2D eigenvalue weighted by Gasteiger charge is -1.95. The van der Waals surface area contributed by atoms with Gasteiger partial charge in [-0.05, 0) is 18.2 Å². The Balaban J connectivity index is 2.51. The van der Waals surface area contributed by atoms with E-state index in [2.05, 4.69) is 21.8 Å². The molecule has 14 heavy (non-hydrogen) atoms. The Morgan fingerprint density at radius 2 is 1.93 bits per heavy atom. The van der Waals surface area contributed by atoms with E-state index in [1.54, 1.807) is 12.4 Å². The summed E-state index contributed by atoms with van der Waals surface area (Å²) in [5, 5.41) is 8.54. The van der Waals surface area contributed by atoms with Gasteiger partial charge in [-0.15, -0.1) is 0 Å². The van der Waals surface area contributed by atoms with Crippen molar-refractivity contribution in [2.24, 2.45) is 0 Å². The van der Waals surface area contributed by atoms with E-state index in [1.165, 1.54) is 0 Å². The molecule has 68 valence electrons. The van der Waals surface area contributed by atoms with Crippen LogP contribution in [0.5, 0.6) is 0 Å². The second-order valence-corrected chi connectivity index (χ2v) is 2.72. The summed E-state index contributed by atoms with van der Waals surface area (Å²) in [6, 6.07) is 5.58. The van der Waals surface area contributed by atoms with Crippen molar-refractivity contribution in [3.8, 4) is 11.8 Å². The van der Waals surface area contributed by atoms with Gasteiger partial charge in [-0.2, -0.15) is 0 Å². The van der Waals surface area contributed by atoms with Gasteiger partial charge in [0.25, 0.3) is 0 Å². The molecule has 0 aliphatic heterocycles. The Bertz CT molecular complexity index is 511. The standard InChI is InChI=1S/C11H8N2O/c14-7-1-2-9-3-4-10-11(8-9)13-6-5-12-10/h3-6,8,14H,7H2. The van der Waals surface area contributed by atoms with Gasteiger partial charge in [-0.3, -0.25) is 9.97 Å². The maximum Gasteiger partial charge on any atom is 0.104 e. The molecule has 0 unspecified atom stereocenters. The summed E-state index contributed by atoms with van der Waals surface area (Å²) in [5.74, 6) is 5.41. The number of aliphatic hydroxyl groups is 1. The quantitative estimate of drug-likeness (QED) is 0.620. The molecule has 1 heterocycles. The van der Waals surface area contributed by atoms with E-state index < -0.39 is 0 Å². The van der Waals surface area contributed by atoms with Crippen molar-refractivity contribution >= 4 is 11.0 Å². The van der Waals surface area contributed by atoms with Gasteiger partial charge in [-0.25, -0.2) is 0 Å². The van der Waals surface area contributed by atoms with E-state index in [0.717, 1.165) is 16.6 Å². The highest BCUT2D eigenvalue weighted by molar-refractivity contribution is 5.75. The summed E-state index contributed by atoms with van der Waals surface area (Å²) >= 11 is 0. The van der Waals surface area contributed by atoms with Crippen molar-refractivity contribution in [1.29, 1.82) is 0 Å². The number of aliphatic hydroxyl groups excluding tert-OH is 1. The minimum Gasteiger partial charge on any atom is -0.384 e. The monoisotopic (exact) mass is 184 g/mol. The summed E-state index contributed by atoms with van der Waals surface area (Å²) in [6.45, 7) is -0.126.